The highest BCUT2D eigenvalue weighted by Gasteiger charge is 2.18. The third-order valence-corrected chi connectivity index (χ3v) is 2.51. The first kappa shape index (κ1) is 17.6. The minimum atomic E-state index is -3.01. The van der Waals surface area contributed by atoms with Crippen LogP contribution in [0.15, 0.2) is 36.4 Å². The highest BCUT2D eigenvalue weighted by Crippen LogP contribution is 2.25. The second-order valence-electron chi connectivity index (χ2n) is 4.25. The smallest absolute Gasteiger partial charge is 0.387 e. The molecule has 7 heteroatoms. The molecular weight excluding hydrogens is 296 g/mol. The van der Waals surface area contributed by atoms with E-state index in [2.05, 4.69) is 10.1 Å². The van der Waals surface area contributed by atoms with E-state index in [4.69, 9.17) is 4.74 Å². The van der Waals surface area contributed by atoms with Gasteiger partial charge in [-0.2, -0.15) is 8.78 Å². The first-order valence-corrected chi connectivity index (χ1v) is 6.66. The molecule has 0 saturated heterocycles. The summed E-state index contributed by atoms with van der Waals surface area (Å²) < 4.78 is 33.7. The number of esters is 1. The molecule has 120 valence electrons. The van der Waals surface area contributed by atoms with Crippen LogP contribution in [0.25, 0.3) is 0 Å². The zero-order valence-electron chi connectivity index (χ0n) is 12.2. The lowest BCUT2D eigenvalue weighted by molar-refractivity contribution is -0.148. The molecule has 1 amide bonds. The Kier molecular flexibility index (Phi) is 7.01. The summed E-state index contributed by atoms with van der Waals surface area (Å²) in [6, 6.07) is 5.74. The average Bonchev–Trinajstić information content (AvgIpc) is 2.46. The Morgan fingerprint density at radius 3 is 2.64 bits per heavy atom. The first-order valence-electron chi connectivity index (χ1n) is 6.66. The molecule has 22 heavy (non-hydrogen) atoms. The molecule has 1 aromatic rings. The molecule has 1 atom stereocenters. The van der Waals surface area contributed by atoms with E-state index < -0.39 is 24.6 Å². The molecule has 1 aromatic carbocycles. The summed E-state index contributed by atoms with van der Waals surface area (Å²) in [5.74, 6) is -1.47. The van der Waals surface area contributed by atoms with Crippen molar-refractivity contribution in [2.75, 3.05) is 5.32 Å². The molecule has 0 saturated carbocycles. The van der Waals surface area contributed by atoms with Gasteiger partial charge in [0.15, 0.2) is 6.10 Å². The van der Waals surface area contributed by atoms with Gasteiger partial charge in [-0.25, -0.2) is 4.79 Å². The van der Waals surface area contributed by atoms with Crippen molar-refractivity contribution in [3.05, 3.63) is 36.4 Å². The average molecular weight is 313 g/mol. The third kappa shape index (κ3) is 5.90. The molecule has 0 aliphatic carbocycles. The van der Waals surface area contributed by atoms with Crippen molar-refractivity contribution in [1.82, 2.24) is 0 Å². The lowest BCUT2D eigenvalue weighted by atomic mass is 10.2. The van der Waals surface area contributed by atoms with Crippen molar-refractivity contribution >= 4 is 17.6 Å². The van der Waals surface area contributed by atoms with Gasteiger partial charge in [-0.15, -0.1) is 0 Å². The monoisotopic (exact) mass is 313 g/mol. The van der Waals surface area contributed by atoms with Crippen LogP contribution >= 0.6 is 0 Å². The number of ether oxygens (including phenoxy) is 2. The molecule has 0 aliphatic heterocycles. The van der Waals surface area contributed by atoms with Gasteiger partial charge < -0.3 is 14.8 Å². The Morgan fingerprint density at radius 2 is 2.00 bits per heavy atom. The van der Waals surface area contributed by atoms with Gasteiger partial charge in [0.1, 0.15) is 5.75 Å². The summed E-state index contributed by atoms with van der Waals surface area (Å²) in [5.41, 5.74) is 0.0693. The van der Waals surface area contributed by atoms with E-state index in [0.717, 1.165) is 0 Å². The largest absolute Gasteiger partial charge is 0.449 e. The molecule has 0 radical (unpaired) electrons. The second kappa shape index (κ2) is 8.76. The van der Waals surface area contributed by atoms with Gasteiger partial charge in [0.25, 0.3) is 5.91 Å². The summed E-state index contributed by atoms with van der Waals surface area (Å²) in [7, 11) is 0. The zero-order valence-corrected chi connectivity index (χ0v) is 12.2. The van der Waals surface area contributed by atoms with Crippen LogP contribution in [0.2, 0.25) is 0 Å². The lowest BCUT2D eigenvalue weighted by Crippen LogP contribution is -2.29. The maximum Gasteiger partial charge on any atom is 0.387 e. The Balaban J connectivity index is 2.68. The van der Waals surface area contributed by atoms with Gasteiger partial charge in [0, 0.05) is 6.08 Å². The Bertz CT molecular complexity index is 546. The van der Waals surface area contributed by atoms with Crippen LogP contribution < -0.4 is 10.1 Å². The van der Waals surface area contributed by atoms with Crippen LogP contribution in [-0.4, -0.2) is 24.6 Å². The molecule has 0 aromatic heterocycles. The number of halogens is 2. The zero-order chi connectivity index (χ0) is 16.5. The maximum absolute atomic E-state index is 12.3. The molecule has 1 rings (SSSR count). The van der Waals surface area contributed by atoms with Crippen LogP contribution in [0.3, 0.4) is 0 Å². The SMILES string of the molecule is CC/C=C/C(=O)O[C@@H](C)C(=O)Nc1ccccc1OC(F)F. The first-order chi connectivity index (χ1) is 10.4. The summed E-state index contributed by atoms with van der Waals surface area (Å²) in [6.07, 6.45) is 2.40. The number of allylic oxidation sites excluding steroid dienone is 1. The van der Waals surface area contributed by atoms with E-state index in [-0.39, 0.29) is 11.4 Å². The molecule has 0 spiro atoms. The molecule has 0 unspecified atom stereocenters. The second-order valence-corrected chi connectivity index (χ2v) is 4.25. The van der Waals surface area contributed by atoms with E-state index in [0.29, 0.717) is 6.42 Å². The van der Waals surface area contributed by atoms with Crippen LogP contribution in [0.1, 0.15) is 20.3 Å². The highest BCUT2D eigenvalue weighted by atomic mass is 19.3. The van der Waals surface area contributed by atoms with Crippen molar-refractivity contribution in [3.63, 3.8) is 0 Å². The molecule has 0 aliphatic rings. The molecule has 0 bridgehead atoms. The van der Waals surface area contributed by atoms with E-state index in [1.807, 2.05) is 6.92 Å². The number of carbonyl (C=O) groups excluding carboxylic acids is 2. The van der Waals surface area contributed by atoms with Crippen LogP contribution in [-0.2, 0) is 14.3 Å². The topological polar surface area (TPSA) is 64.6 Å². The van der Waals surface area contributed by atoms with Gasteiger partial charge in [-0.3, -0.25) is 4.79 Å². The summed E-state index contributed by atoms with van der Waals surface area (Å²) in [6.45, 7) is 0.219. The van der Waals surface area contributed by atoms with E-state index in [9.17, 15) is 18.4 Å². The van der Waals surface area contributed by atoms with Crippen molar-refractivity contribution in [2.45, 2.75) is 33.0 Å². The normalized spacial score (nSPS) is 12.2. The van der Waals surface area contributed by atoms with Crippen LogP contribution in [0.4, 0.5) is 14.5 Å². The van der Waals surface area contributed by atoms with Crippen molar-refractivity contribution in [1.29, 1.82) is 0 Å². The predicted molar refractivity (Wildman–Crippen MR) is 76.7 cm³/mol. The fourth-order valence-electron chi connectivity index (χ4n) is 1.48. The number of nitrogens with one attached hydrogen (secondary N) is 1. The molecular formula is C15H17F2NO4. The molecule has 0 fully saturated rings. The van der Waals surface area contributed by atoms with Crippen molar-refractivity contribution in [3.8, 4) is 5.75 Å². The number of hydrogen-bond donors (Lipinski definition) is 1. The van der Waals surface area contributed by atoms with Gasteiger partial charge >= 0.3 is 12.6 Å². The van der Waals surface area contributed by atoms with E-state index in [1.165, 1.54) is 31.2 Å². The number of benzene rings is 1. The van der Waals surface area contributed by atoms with Crippen LogP contribution in [0, 0.1) is 0 Å². The molecule has 0 heterocycles. The quantitative estimate of drug-likeness (QED) is 0.620. The fourth-order valence-corrected chi connectivity index (χ4v) is 1.48. The number of amides is 1. The fraction of sp³-hybridized carbons (Fsp3) is 0.333. The number of alkyl halides is 2. The standard InChI is InChI=1S/C15H17F2NO4/c1-3-4-9-13(19)21-10(2)14(20)18-11-7-5-6-8-12(11)22-15(16)17/h4-10,15H,3H2,1-2H3,(H,18,20)/b9-4+/t10-/m0/s1. The number of carbonyl (C=O) groups is 2. The third-order valence-electron chi connectivity index (χ3n) is 2.51. The molecule has 1 N–H and O–H groups in total. The number of anilines is 1. The summed E-state index contributed by atoms with van der Waals surface area (Å²) >= 11 is 0. The number of para-hydroxylation sites is 2. The Morgan fingerprint density at radius 1 is 1.32 bits per heavy atom. The lowest BCUT2D eigenvalue weighted by Gasteiger charge is -2.15. The van der Waals surface area contributed by atoms with Crippen LogP contribution in [0.5, 0.6) is 5.75 Å². The predicted octanol–water partition coefficient (Wildman–Crippen LogP) is 3.12. The van der Waals surface area contributed by atoms with Gasteiger partial charge in [0.05, 0.1) is 5.69 Å². The minimum absolute atomic E-state index is 0.0693. The van der Waals surface area contributed by atoms with Crippen molar-refractivity contribution in [2.24, 2.45) is 0 Å². The highest BCUT2D eigenvalue weighted by molar-refractivity contribution is 5.97. The molecule has 5 nitrogen and oxygen atoms in total. The summed E-state index contributed by atoms with van der Waals surface area (Å²) in [4.78, 5) is 23.3. The van der Waals surface area contributed by atoms with E-state index in [1.54, 1.807) is 12.1 Å². The van der Waals surface area contributed by atoms with Gasteiger partial charge in [-0.1, -0.05) is 25.1 Å². The van der Waals surface area contributed by atoms with Crippen molar-refractivity contribution < 1.29 is 27.8 Å². The minimum Gasteiger partial charge on any atom is -0.449 e. The Labute approximate surface area is 126 Å². The summed E-state index contributed by atoms with van der Waals surface area (Å²) in [5, 5.41) is 2.38. The van der Waals surface area contributed by atoms with Gasteiger partial charge in [-0.05, 0) is 25.5 Å². The maximum atomic E-state index is 12.3. The number of rotatable bonds is 7. The van der Waals surface area contributed by atoms with E-state index >= 15 is 0 Å². The van der Waals surface area contributed by atoms with Gasteiger partial charge in [0.2, 0.25) is 0 Å². The number of hydrogen-bond acceptors (Lipinski definition) is 4. The Hall–Kier alpha value is -2.44.